The van der Waals surface area contributed by atoms with E-state index in [2.05, 4.69) is 9.72 Å². The quantitative estimate of drug-likeness (QED) is 0.813. The predicted molar refractivity (Wildman–Crippen MR) is 73.4 cm³/mol. The van der Waals surface area contributed by atoms with Crippen LogP contribution in [0.3, 0.4) is 0 Å². The van der Waals surface area contributed by atoms with Crippen LogP contribution in [0.5, 0.6) is 0 Å². The molecule has 1 amide bonds. The van der Waals surface area contributed by atoms with E-state index in [0.29, 0.717) is 0 Å². The number of carbonyl (C=O) groups is 1. The van der Waals surface area contributed by atoms with Crippen LogP contribution in [0.15, 0.2) is 36.5 Å². The van der Waals surface area contributed by atoms with Gasteiger partial charge in [0.2, 0.25) is 0 Å². The monoisotopic (exact) mass is 310 g/mol. The summed E-state index contributed by atoms with van der Waals surface area (Å²) >= 11 is 0. The molecule has 7 heteroatoms. The molecule has 1 aromatic heterocycles. The molecule has 0 N–H and O–H groups in total. The van der Waals surface area contributed by atoms with Crippen LogP contribution >= 0.6 is 0 Å². The number of amides is 1. The molecule has 1 saturated heterocycles. The van der Waals surface area contributed by atoms with Crippen LogP contribution in [-0.4, -0.2) is 47.8 Å². The first kappa shape index (κ1) is 14.8. The van der Waals surface area contributed by atoms with E-state index in [1.54, 1.807) is 12.3 Å². The molecule has 1 aromatic carbocycles. The van der Waals surface area contributed by atoms with E-state index < -0.39 is 24.7 Å². The van der Waals surface area contributed by atoms with Crippen molar-refractivity contribution in [3.63, 3.8) is 0 Å². The van der Waals surface area contributed by atoms with Gasteiger partial charge in [0, 0.05) is 18.1 Å². The van der Waals surface area contributed by atoms with Crippen molar-refractivity contribution in [1.29, 1.82) is 0 Å². The fraction of sp³-hybridized carbons (Fsp3) is 0.333. The maximum absolute atomic E-state index is 12.7. The molecule has 0 bridgehead atoms. The molecular formula is C15H13F3N2O2. The van der Waals surface area contributed by atoms with Crippen LogP contribution in [0.2, 0.25) is 0 Å². The summed E-state index contributed by atoms with van der Waals surface area (Å²) in [6.45, 7) is -0.514. The average molecular weight is 310 g/mol. The zero-order valence-electron chi connectivity index (χ0n) is 11.5. The lowest BCUT2D eigenvalue weighted by Crippen LogP contribution is -2.51. The predicted octanol–water partition coefficient (Wildman–Crippen LogP) is 2.64. The van der Waals surface area contributed by atoms with E-state index in [-0.39, 0.29) is 18.8 Å². The zero-order valence-corrected chi connectivity index (χ0v) is 11.5. The molecule has 2 aromatic rings. The minimum atomic E-state index is -4.48. The second-order valence-electron chi connectivity index (χ2n) is 5.07. The highest BCUT2D eigenvalue weighted by atomic mass is 19.4. The second-order valence-corrected chi connectivity index (χ2v) is 5.07. The van der Waals surface area contributed by atoms with Gasteiger partial charge in [-0.3, -0.25) is 9.78 Å². The van der Waals surface area contributed by atoms with Crippen molar-refractivity contribution in [2.45, 2.75) is 12.3 Å². The highest BCUT2D eigenvalue weighted by Gasteiger charge is 2.44. The Bertz CT molecular complexity index is 702. The Morgan fingerprint density at radius 1 is 1.27 bits per heavy atom. The number of rotatable bonds is 1. The van der Waals surface area contributed by atoms with Crippen LogP contribution in [0.25, 0.3) is 10.8 Å². The fourth-order valence-corrected chi connectivity index (χ4v) is 2.39. The van der Waals surface area contributed by atoms with E-state index in [0.717, 1.165) is 15.7 Å². The van der Waals surface area contributed by atoms with Gasteiger partial charge in [-0.05, 0) is 11.5 Å². The normalized spacial score (nSPS) is 19.4. The molecule has 1 atom stereocenters. The van der Waals surface area contributed by atoms with Gasteiger partial charge in [-0.2, -0.15) is 13.2 Å². The summed E-state index contributed by atoms with van der Waals surface area (Å²) in [4.78, 5) is 17.6. The summed E-state index contributed by atoms with van der Waals surface area (Å²) in [5, 5.41) is 1.69. The van der Waals surface area contributed by atoms with Crippen LogP contribution in [-0.2, 0) is 4.74 Å². The highest BCUT2D eigenvalue weighted by molar-refractivity contribution is 5.96. The summed E-state index contributed by atoms with van der Waals surface area (Å²) in [6.07, 6.45) is -4.87. The smallest absolute Gasteiger partial charge is 0.365 e. The van der Waals surface area contributed by atoms with Crippen molar-refractivity contribution in [1.82, 2.24) is 9.88 Å². The number of carbonyl (C=O) groups excluding carboxylic acids is 1. The fourth-order valence-electron chi connectivity index (χ4n) is 2.39. The topological polar surface area (TPSA) is 42.4 Å². The summed E-state index contributed by atoms with van der Waals surface area (Å²) < 4.78 is 42.8. The number of benzene rings is 1. The number of alkyl halides is 3. The van der Waals surface area contributed by atoms with Crippen molar-refractivity contribution in [3.8, 4) is 0 Å². The molecule has 3 rings (SSSR count). The van der Waals surface area contributed by atoms with E-state index >= 15 is 0 Å². The number of fused-ring (bicyclic) bond motifs is 1. The van der Waals surface area contributed by atoms with Crippen LogP contribution in [0, 0.1) is 0 Å². The van der Waals surface area contributed by atoms with Gasteiger partial charge in [-0.1, -0.05) is 24.3 Å². The third kappa shape index (κ3) is 2.89. The minimum absolute atomic E-state index is 0.125. The van der Waals surface area contributed by atoms with E-state index in [4.69, 9.17) is 0 Å². The van der Waals surface area contributed by atoms with E-state index in [1.807, 2.05) is 24.3 Å². The van der Waals surface area contributed by atoms with Gasteiger partial charge in [0.25, 0.3) is 5.91 Å². The Hall–Kier alpha value is -2.15. The molecule has 0 unspecified atom stereocenters. The number of hydrogen-bond acceptors (Lipinski definition) is 3. The molecule has 0 saturated carbocycles. The minimum Gasteiger partial charge on any atom is -0.365 e. The number of aromatic nitrogens is 1. The molecule has 0 spiro atoms. The molecule has 0 radical (unpaired) electrons. The van der Waals surface area contributed by atoms with Crippen molar-refractivity contribution in [3.05, 3.63) is 42.2 Å². The molecule has 22 heavy (non-hydrogen) atoms. The van der Waals surface area contributed by atoms with Crippen LogP contribution < -0.4 is 0 Å². The average Bonchev–Trinajstić information content (AvgIpc) is 2.53. The summed E-state index contributed by atoms with van der Waals surface area (Å²) in [6, 6.07) is 8.94. The second kappa shape index (κ2) is 5.57. The lowest BCUT2D eigenvalue weighted by Gasteiger charge is -2.33. The van der Waals surface area contributed by atoms with Gasteiger partial charge in [0.15, 0.2) is 6.10 Å². The Kier molecular flexibility index (Phi) is 3.74. The van der Waals surface area contributed by atoms with Crippen molar-refractivity contribution >= 4 is 16.7 Å². The third-order valence-corrected chi connectivity index (χ3v) is 3.57. The first-order chi connectivity index (χ1) is 10.4. The van der Waals surface area contributed by atoms with Gasteiger partial charge in [-0.25, -0.2) is 0 Å². The van der Waals surface area contributed by atoms with Gasteiger partial charge in [-0.15, -0.1) is 0 Å². The maximum Gasteiger partial charge on any atom is 0.416 e. The van der Waals surface area contributed by atoms with Gasteiger partial charge in [0.1, 0.15) is 5.69 Å². The number of pyridine rings is 1. The number of ether oxygens (including phenoxy) is 1. The maximum atomic E-state index is 12.7. The molecule has 2 heterocycles. The number of hydrogen-bond donors (Lipinski definition) is 0. The first-order valence-electron chi connectivity index (χ1n) is 6.77. The molecule has 0 aliphatic carbocycles. The zero-order chi connectivity index (χ0) is 15.7. The first-order valence-corrected chi connectivity index (χ1v) is 6.77. The number of halogens is 3. The highest BCUT2D eigenvalue weighted by Crippen LogP contribution is 2.26. The Balaban J connectivity index is 1.82. The Morgan fingerprint density at radius 3 is 2.73 bits per heavy atom. The van der Waals surface area contributed by atoms with Gasteiger partial charge < -0.3 is 9.64 Å². The Labute approximate surface area is 124 Å². The number of nitrogens with zero attached hydrogens (tertiary/aromatic N) is 2. The van der Waals surface area contributed by atoms with E-state index in [1.165, 1.54) is 0 Å². The molecule has 1 aliphatic rings. The largest absolute Gasteiger partial charge is 0.416 e. The van der Waals surface area contributed by atoms with Crippen molar-refractivity contribution < 1.29 is 22.7 Å². The summed E-state index contributed by atoms with van der Waals surface area (Å²) in [5.41, 5.74) is 0.140. The van der Waals surface area contributed by atoms with Gasteiger partial charge in [0.05, 0.1) is 13.2 Å². The lowest BCUT2D eigenvalue weighted by atomic mass is 10.1. The van der Waals surface area contributed by atoms with E-state index in [9.17, 15) is 18.0 Å². The van der Waals surface area contributed by atoms with Crippen LogP contribution in [0.1, 0.15) is 10.5 Å². The van der Waals surface area contributed by atoms with Crippen molar-refractivity contribution in [2.75, 3.05) is 19.7 Å². The summed E-state index contributed by atoms with van der Waals surface area (Å²) in [7, 11) is 0. The third-order valence-electron chi connectivity index (χ3n) is 3.57. The standard InChI is InChI=1S/C15H13F3N2O2/c16-15(17,18)13-9-20(5-6-22-13)14(21)12-7-10-3-1-2-4-11(10)8-19-12/h1-4,7-8,13H,5-6,9H2/t13-/m1/s1. The molecular weight excluding hydrogens is 297 g/mol. The molecule has 1 aliphatic heterocycles. The Morgan fingerprint density at radius 2 is 2.00 bits per heavy atom. The number of morpholine rings is 1. The van der Waals surface area contributed by atoms with Crippen molar-refractivity contribution in [2.24, 2.45) is 0 Å². The summed E-state index contributed by atoms with van der Waals surface area (Å²) in [5.74, 6) is -0.511. The lowest BCUT2D eigenvalue weighted by molar-refractivity contribution is -0.233. The SMILES string of the molecule is O=C(c1cc2ccccc2cn1)N1CCO[C@@H](C(F)(F)F)C1. The molecule has 1 fully saturated rings. The molecule has 116 valence electrons. The molecule has 4 nitrogen and oxygen atoms in total. The van der Waals surface area contributed by atoms with Crippen LogP contribution in [0.4, 0.5) is 13.2 Å². The van der Waals surface area contributed by atoms with Gasteiger partial charge >= 0.3 is 6.18 Å².